The Bertz CT molecular complexity index is 519. The van der Waals surface area contributed by atoms with E-state index in [4.69, 9.17) is 0 Å². The van der Waals surface area contributed by atoms with Gasteiger partial charge in [0.05, 0.1) is 11.9 Å². The first-order chi connectivity index (χ1) is 8.95. The monoisotopic (exact) mass is 254 g/mol. The average molecular weight is 254 g/mol. The molecular formula is C17H22N2. The van der Waals surface area contributed by atoms with Gasteiger partial charge in [0.1, 0.15) is 0 Å². The molecule has 1 heterocycles. The molecule has 2 aromatic rings. The second-order valence-electron chi connectivity index (χ2n) is 5.99. The van der Waals surface area contributed by atoms with Crippen molar-refractivity contribution in [2.45, 2.75) is 39.7 Å². The highest BCUT2D eigenvalue weighted by molar-refractivity contribution is 5.42. The molecule has 2 rings (SSSR count). The van der Waals surface area contributed by atoms with Gasteiger partial charge in [0, 0.05) is 12.2 Å². The first kappa shape index (κ1) is 13.6. The minimum atomic E-state index is 0.215. The lowest BCUT2D eigenvalue weighted by Gasteiger charge is -2.19. The molecule has 0 saturated carbocycles. The second kappa shape index (κ2) is 5.43. The van der Waals surface area contributed by atoms with Gasteiger partial charge in [-0.3, -0.25) is 4.98 Å². The third-order valence-electron chi connectivity index (χ3n) is 3.23. The molecule has 1 aromatic heterocycles. The molecule has 0 spiro atoms. The summed E-state index contributed by atoms with van der Waals surface area (Å²) in [6.45, 7) is 9.53. The molecule has 1 N–H and O–H groups in total. The van der Waals surface area contributed by atoms with Crippen molar-refractivity contribution in [3.05, 3.63) is 59.4 Å². The van der Waals surface area contributed by atoms with Gasteiger partial charge in [-0.2, -0.15) is 0 Å². The zero-order valence-corrected chi connectivity index (χ0v) is 12.2. The molecule has 1 aromatic carbocycles. The van der Waals surface area contributed by atoms with Crippen molar-refractivity contribution in [1.29, 1.82) is 0 Å². The molecule has 0 fully saturated rings. The largest absolute Gasteiger partial charge is 0.380 e. The van der Waals surface area contributed by atoms with Gasteiger partial charge in [0.15, 0.2) is 0 Å². The Morgan fingerprint density at radius 3 is 2.21 bits per heavy atom. The third-order valence-corrected chi connectivity index (χ3v) is 3.23. The number of benzene rings is 1. The molecule has 2 nitrogen and oxygen atoms in total. The van der Waals surface area contributed by atoms with E-state index in [1.54, 1.807) is 0 Å². The van der Waals surface area contributed by atoms with Crippen LogP contribution < -0.4 is 5.32 Å². The quantitative estimate of drug-likeness (QED) is 0.883. The summed E-state index contributed by atoms with van der Waals surface area (Å²) in [7, 11) is 0. The highest BCUT2D eigenvalue weighted by atomic mass is 14.9. The van der Waals surface area contributed by atoms with E-state index < -0.39 is 0 Å². The normalized spacial score (nSPS) is 11.4. The summed E-state index contributed by atoms with van der Waals surface area (Å²) in [6, 6.07) is 12.9. The van der Waals surface area contributed by atoms with E-state index in [9.17, 15) is 0 Å². The number of hydrogen-bond donors (Lipinski definition) is 1. The highest BCUT2D eigenvalue weighted by Gasteiger charge is 2.12. The molecule has 0 aliphatic carbocycles. The average Bonchev–Trinajstić information content (AvgIpc) is 2.37. The Labute approximate surface area is 115 Å². The van der Waals surface area contributed by atoms with Crippen LogP contribution in [0.3, 0.4) is 0 Å². The van der Waals surface area contributed by atoms with Crippen molar-refractivity contribution in [3.63, 3.8) is 0 Å². The van der Waals surface area contributed by atoms with Crippen molar-refractivity contribution < 1.29 is 0 Å². The summed E-state index contributed by atoms with van der Waals surface area (Å²) < 4.78 is 0. The van der Waals surface area contributed by atoms with E-state index in [1.807, 2.05) is 19.2 Å². The van der Waals surface area contributed by atoms with Gasteiger partial charge in [0.25, 0.3) is 0 Å². The third kappa shape index (κ3) is 3.82. The van der Waals surface area contributed by atoms with Crippen LogP contribution in [-0.2, 0) is 12.0 Å². The van der Waals surface area contributed by atoms with Crippen molar-refractivity contribution >= 4 is 5.69 Å². The number of nitrogens with one attached hydrogen (secondary N) is 1. The Hall–Kier alpha value is -1.83. The van der Waals surface area contributed by atoms with Crippen molar-refractivity contribution in [1.82, 2.24) is 4.98 Å². The standard InChI is InChI=1S/C17H22N2/c1-13-5-10-16(12-18-13)19-11-14-6-8-15(9-7-14)17(2,3)4/h5-10,12,19H,11H2,1-4H3. The molecule has 0 atom stereocenters. The number of anilines is 1. The van der Waals surface area contributed by atoms with Crippen LogP contribution in [0, 0.1) is 6.92 Å². The van der Waals surface area contributed by atoms with Crippen molar-refractivity contribution in [3.8, 4) is 0 Å². The number of aromatic nitrogens is 1. The molecule has 2 heteroatoms. The molecule has 0 unspecified atom stereocenters. The van der Waals surface area contributed by atoms with Gasteiger partial charge in [-0.25, -0.2) is 0 Å². The van der Waals surface area contributed by atoms with Crippen LogP contribution in [0.2, 0.25) is 0 Å². The fourth-order valence-corrected chi connectivity index (χ4v) is 1.90. The molecule has 0 radical (unpaired) electrons. The Kier molecular flexibility index (Phi) is 3.89. The zero-order valence-electron chi connectivity index (χ0n) is 12.2. The van der Waals surface area contributed by atoms with Crippen LogP contribution in [-0.4, -0.2) is 4.98 Å². The van der Waals surface area contributed by atoms with E-state index >= 15 is 0 Å². The summed E-state index contributed by atoms with van der Waals surface area (Å²) in [6.07, 6.45) is 1.87. The molecule has 0 amide bonds. The molecule has 0 saturated heterocycles. The maximum absolute atomic E-state index is 4.28. The highest BCUT2D eigenvalue weighted by Crippen LogP contribution is 2.22. The van der Waals surface area contributed by atoms with Gasteiger partial charge in [-0.15, -0.1) is 0 Å². The molecule has 19 heavy (non-hydrogen) atoms. The van der Waals surface area contributed by atoms with Crippen molar-refractivity contribution in [2.24, 2.45) is 0 Å². The van der Waals surface area contributed by atoms with Crippen molar-refractivity contribution in [2.75, 3.05) is 5.32 Å². The van der Waals surface area contributed by atoms with Crippen LogP contribution in [0.4, 0.5) is 5.69 Å². The summed E-state index contributed by atoms with van der Waals surface area (Å²) in [5.74, 6) is 0. The van der Waals surface area contributed by atoms with E-state index in [0.717, 1.165) is 17.9 Å². The number of aryl methyl sites for hydroxylation is 1. The second-order valence-corrected chi connectivity index (χ2v) is 5.99. The summed E-state index contributed by atoms with van der Waals surface area (Å²) >= 11 is 0. The zero-order chi connectivity index (χ0) is 13.9. The van der Waals surface area contributed by atoms with E-state index in [2.05, 4.69) is 61.4 Å². The lowest BCUT2D eigenvalue weighted by Crippen LogP contribution is -2.11. The number of nitrogens with zero attached hydrogens (tertiary/aromatic N) is 1. The van der Waals surface area contributed by atoms with E-state index in [-0.39, 0.29) is 5.41 Å². The number of hydrogen-bond acceptors (Lipinski definition) is 2. The van der Waals surface area contributed by atoms with Crippen LogP contribution in [0.15, 0.2) is 42.6 Å². The fraction of sp³-hybridized carbons (Fsp3) is 0.353. The van der Waals surface area contributed by atoms with Crippen LogP contribution in [0.25, 0.3) is 0 Å². The molecule has 100 valence electrons. The van der Waals surface area contributed by atoms with E-state index in [0.29, 0.717) is 0 Å². The van der Waals surface area contributed by atoms with Crippen LogP contribution in [0.5, 0.6) is 0 Å². The molecular weight excluding hydrogens is 232 g/mol. The minimum Gasteiger partial charge on any atom is -0.380 e. The Morgan fingerprint density at radius 1 is 1.00 bits per heavy atom. The fourth-order valence-electron chi connectivity index (χ4n) is 1.90. The summed E-state index contributed by atoms with van der Waals surface area (Å²) in [5.41, 5.74) is 4.97. The van der Waals surface area contributed by atoms with Gasteiger partial charge in [0.2, 0.25) is 0 Å². The predicted molar refractivity (Wildman–Crippen MR) is 81.4 cm³/mol. The maximum Gasteiger partial charge on any atom is 0.0529 e. The van der Waals surface area contributed by atoms with E-state index in [1.165, 1.54) is 11.1 Å². The number of pyridine rings is 1. The van der Waals surface area contributed by atoms with Gasteiger partial charge < -0.3 is 5.32 Å². The predicted octanol–water partition coefficient (Wildman–Crippen LogP) is 4.30. The summed E-state index contributed by atoms with van der Waals surface area (Å²) in [5, 5.41) is 3.38. The smallest absolute Gasteiger partial charge is 0.0529 e. The molecule has 0 bridgehead atoms. The Morgan fingerprint density at radius 2 is 1.68 bits per heavy atom. The SMILES string of the molecule is Cc1ccc(NCc2ccc(C(C)(C)C)cc2)cn1. The van der Waals surface area contributed by atoms with Crippen LogP contribution >= 0.6 is 0 Å². The molecule has 0 aliphatic heterocycles. The summed E-state index contributed by atoms with van der Waals surface area (Å²) in [4.78, 5) is 4.28. The maximum atomic E-state index is 4.28. The van der Waals surface area contributed by atoms with Gasteiger partial charge in [-0.1, -0.05) is 45.0 Å². The first-order valence-electron chi connectivity index (χ1n) is 6.71. The first-order valence-corrected chi connectivity index (χ1v) is 6.71. The Balaban J connectivity index is 1.98. The number of rotatable bonds is 3. The topological polar surface area (TPSA) is 24.9 Å². The minimum absolute atomic E-state index is 0.215. The molecule has 0 aliphatic rings. The lowest BCUT2D eigenvalue weighted by atomic mass is 9.87. The lowest BCUT2D eigenvalue weighted by molar-refractivity contribution is 0.590. The van der Waals surface area contributed by atoms with Gasteiger partial charge in [-0.05, 0) is 35.6 Å². The van der Waals surface area contributed by atoms with Gasteiger partial charge >= 0.3 is 0 Å². The van der Waals surface area contributed by atoms with Crippen LogP contribution in [0.1, 0.15) is 37.6 Å².